The minimum atomic E-state index is -0.263. The van der Waals surface area contributed by atoms with Crippen molar-refractivity contribution in [1.29, 1.82) is 0 Å². The van der Waals surface area contributed by atoms with Gasteiger partial charge in [-0.1, -0.05) is 41.3 Å². The molecule has 0 fully saturated rings. The van der Waals surface area contributed by atoms with Crippen LogP contribution in [0.5, 0.6) is 11.5 Å². The van der Waals surface area contributed by atoms with Gasteiger partial charge in [-0.3, -0.25) is 14.9 Å². The number of carbonyl (C=O) groups is 2. The quantitative estimate of drug-likeness (QED) is 0.416. The third-order valence-corrected chi connectivity index (χ3v) is 5.64. The van der Waals surface area contributed by atoms with E-state index in [0.717, 1.165) is 0 Å². The summed E-state index contributed by atoms with van der Waals surface area (Å²) in [6.07, 6.45) is 0. The Morgan fingerprint density at radius 3 is 2.55 bits per heavy atom. The first-order valence-electron chi connectivity index (χ1n) is 8.43. The molecule has 0 spiro atoms. The predicted molar refractivity (Wildman–Crippen MR) is 113 cm³/mol. The molecule has 150 valence electrons. The standard InChI is InChI=1S/C19H18N4O4S2/c1-26-13-8-9-15(27-2)14(10-13)20-16(24)11-28-19-23-22-18(29-19)21-17(25)12-6-4-3-5-7-12/h3-10H,11H2,1-2H3,(H,20,24)(H,21,22,25). The molecule has 0 bridgehead atoms. The highest BCUT2D eigenvalue weighted by Gasteiger charge is 2.13. The average Bonchev–Trinajstić information content (AvgIpc) is 3.20. The molecule has 0 aliphatic heterocycles. The van der Waals surface area contributed by atoms with Crippen molar-refractivity contribution in [2.45, 2.75) is 4.34 Å². The molecule has 2 amide bonds. The zero-order chi connectivity index (χ0) is 20.6. The topological polar surface area (TPSA) is 102 Å². The lowest BCUT2D eigenvalue weighted by Crippen LogP contribution is -2.14. The molecular formula is C19H18N4O4S2. The van der Waals surface area contributed by atoms with Crippen LogP contribution >= 0.6 is 23.1 Å². The van der Waals surface area contributed by atoms with E-state index in [1.807, 2.05) is 6.07 Å². The van der Waals surface area contributed by atoms with Gasteiger partial charge in [0.2, 0.25) is 11.0 Å². The molecule has 3 aromatic rings. The molecule has 0 saturated carbocycles. The van der Waals surface area contributed by atoms with Crippen LogP contribution in [0, 0.1) is 0 Å². The van der Waals surface area contributed by atoms with Crippen LogP contribution in [-0.2, 0) is 4.79 Å². The van der Waals surface area contributed by atoms with E-state index in [1.54, 1.807) is 49.6 Å². The smallest absolute Gasteiger partial charge is 0.257 e. The lowest BCUT2D eigenvalue weighted by Gasteiger charge is -2.11. The Kier molecular flexibility index (Phi) is 7.04. The molecule has 8 nitrogen and oxygen atoms in total. The summed E-state index contributed by atoms with van der Waals surface area (Å²) in [6.45, 7) is 0. The highest BCUT2D eigenvalue weighted by Crippen LogP contribution is 2.30. The van der Waals surface area contributed by atoms with Crippen LogP contribution in [-0.4, -0.2) is 42.0 Å². The predicted octanol–water partition coefficient (Wildman–Crippen LogP) is 3.54. The van der Waals surface area contributed by atoms with Gasteiger partial charge < -0.3 is 14.8 Å². The fraction of sp³-hybridized carbons (Fsp3) is 0.158. The molecule has 0 radical (unpaired) electrons. The van der Waals surface area contributed by atoms with E-state index in [4.69, 9.17) is 9.47 Å². The molecule has 1 aromatic heterocycles. The molecule has 1 heterocycles. The highest BCUT2D eigenvalue weighted by atomic mass is 32.2. The molecule has 3 rings (SSSR count). The third-order valence-electron chi connectivity index (χ3n) is 3.67. The first-order valence-corrected chi connectivity index (χ1v) is 10.2. The van der Waals surface area contributed by atoms with Crippen molar-refractivity contribution in [3.05, 3.63) is 54.1 Å². The van der Waals surface area contributed by atoms with Crippen molar-refractivity contribution in [1.82, 2.24) is 10.2 Å². The Morgan fingerprint density at radius 2 is 1.83 bits per heavy atom. The van der Waals surface area contributed by atoms with Gasteiger partial charge in [0.05, 0.1) is 25.7 Å². The second kappa shape index (κ2) is 9.89. The number of nitrogens with zero attached hydrogens (tertiary/aromatic N) is 2. The minimum absolute atomic E-state index is 0.127. The van der Waals surface area contributed by atoms with Crippen molar-refractivity contribution in [2.75, 3.05) is 30.6 Å². The number of ether oxygens (including phenoxy) is 2. The molecule has 2 aromatic carbocycles. The number of methoxy groups -OCH3 is 2. The summed E-state index contributed by atoms with van der Waals surface area (Å²) in [7, 11) is 3.08. The number of thioether (sulfide) groups is 1. The zero-order valence-corrected chi connectivity index (χ0v) is 17.3. The van der Waals surface area contributed by atoms with Crippen LogP contribution in [0.2, 0.25) is 0 Å². The summed E-state index contributed by atoms with van der Waals surface area (Å²) in [4.78, 5) is 24.4. The van der Waals surface area contributed by atoms with Gasteiger partial charge in [0, 0.05) is 11.6 Å². The van der Waals surface area contributed by atoms with Crippen molar-refractivity contribution in [2.24, 2.45) is 0 Å². The first-order chi connectivity index (χ1) is 14.1. The van der Waals surface area contributed by atoms with Crippen LogP contribution in [0.15, 0.2) is 52.9 Å². The van der Waals surface area contributed by atoms with E-state index in [9.17, 15) is 9.59 Å². The van der Waals surface area contributed by atoms with Gasteiger partial charge in [-0.2, -0.15) is 0 Å². The molecule has 2 N–H and O–H groups in total. The van der Waals surface area contributed by atoms with Crippen LogP contribution < -0.4 is 20.1 Å². The molecule has 0 atom stereocenters. The summed E-state index contributed by atoms with van der Waals surface area (Å²) in [5.41, 5.74) is 1.05. The Balaban J connectivity index is 1.54. The van der Waals surface area contributed by atoms with E-state index < -0.39 is 0 Å². The van der Waals surface area contributed by atoms with Gasteiger partial charge in [0.1, 0.15) is 11.5 Å². The second-order valence-electron chi connectivity index (χ2n) is 5.60. The number of nitrogens with one attached hydrogen (secondary N) is 2. The fourth-order valence-electron chi connectivity index (χ4n) is 2.30. The van der Waals surface area contributed by atoms with E-state index in [0.29, 0.717) is 32.2 Å². The Bertz CT molecular complexity index is 995. The van der Waals surface area contributed by atoms with Crippen LogP contribution in [0.4, 0.5) is 10.8 Å². The largest absolute Gasteiger partial charge is 0.497 e. The molecule has 10 heteroatoms. The maximum atomic E-state index is 12.3. The summed E-state index contributed by atoms with van der Waals surface area (Å²) in [5.74, 6) is 0.775. The number of aromatic nitrogens is 2. The Labute approximate surface area is 175 Å². The van der Waals surface area contributed by atoms with Gasteiger partial charge in [-0.05, 0) is 24.3 Å². The fourth-order valence-corrected chi connectivity index (χ4v) is 3.85. The lowest BCUT2D eigenvalue weighted by atomic mass is 10.2. The van der Waals surface area contributed by atoms with Gasteiger partial charge in [-0.15, -0.1) is 10.2 Å². The SMILES string of the molecule is COc1ccc(OC)c(NC(=O)CSc2nnc(NC(=O)c3ccccc3)s2)c1. The minimum Gasteiger partial charge on any atom is -0.497 e. The maximum absolute atomic E-state index is 12.3. The normalized spacial score (nSPS) is 10.3. The summed E-state index contributed by atoms with van der Waals surface area (Å²) < 4.78 is 11.0. The summed E-state index contributed by atoms with van der Waals surface area (Å²) in [5, 5.41) is 13.8. The van der Waals surface area contributed by atoms with Crippen molar-refractivity contribution in [3.8, 4) is 11.5 Å². The number of rotatable bonds is 8. The number of hydrogen-bond acceptors (Lipinski definition) is 8. The molecule has 0 saturated heterocycles. The molecule has 0 unspecified atom stereocenters. The molecular weight excluding hydrogens is 412 g/mol. The van der Waals surface area contributed by atoms with Crippen LogP contribution in [0.3, 0.4) is 0 Å². The number of hydrogen-bond donors (Lipinski definition) is 2. The Hall–Kier alpha value is -3.11. The van der Waals surface area contributed by atoms with Crippen molar-refractivity contribution < 1.29 is 19.1 Å². The molecule has 29 heavy (non-hydrogen) atoms. The average molecular weight is 431 g/mol. The monoisotopic (exact) mass is 430 g/mol. The summed E-state index contributed by atoms with van der Waals surface area (Å²) >= 11 is 2.43. The van der Waals surface area contributed by atoms with Gasteiger partial charge >= 0.3 is 0 Å². The van der Waals surface area contributed by atoms with E-state index in [1.165, 1.54) is 30.2 Å². The third kappa shape index (κ3) is 5.69. The van der Waals surface area contributed by atoms with Crippen LogP contribution in [0.25, 0.3) is 0 Å². The van der Waals surface area contributed by atoms with E-state index >= 15 is 0 Å². The maximum Gasteiger partial charge on any atom is 0.257 e. The van der Waals surface area contributed by atoms with Crippen molar-refractivity contribution in [3.63, 3.8) is 0 Å². The number of anilines is 2. The highest BCUT2D eigenvalue weighted by molar-refractivity contribution is 8.01. The number of amides is 2. The Morgan fingerprint density at radius 1 is 1.03 bits per heavy atom. The zero-order valence-electron chi connectivity index (χ0n) is 15.7. The van der Waals surface area contributed by atoms with Gasteiger partial charge in [0.15, 0.2) is 4.34 Å². The van der Waals surface area contributed by atoms with E-state index in [2.05, 4.69) is 20.8 Å². The van der Waals surface area contributed by atoms with Gasteiger partial charge in [-0.25, -0.2) is 0 Å². The van der Waals surface area contributed by atoms with Crippen molar-refractivity contribution >= 4 is 45.7 Å². The first kappa shape index (κ1) is 20.6. The molecule has 0 aliphatic carbocycles. The van der Waals surface area contributed by atoms with E-state index in [-0.39, 0.29) is 17.6 Å². The summed E-state index contributed by atoms with van der Waals surface area (Å²) in [6, 6.07) is 14.0. The van der Waals surface area contributed by atoms with Crippen LogP contribution in [0.1, 0.15) is 10.4 Å². The second-order valence-corrected chi connectivity index (χ2v) is 7.80. The number of benzene rings is 2. The molecule has 0 aliphatic rings. The van der Waals surface area contributed by atoms with Gasteiger partial charge in [0.25, 0.3) is 5.91 Å². The lowest BCUT2D eigenvalue weighted by molar-refractivity contribution is -0.113. The number of carbonyl (C=O) groups excluding carboxylic acids is 2.